The monoisotopic (exact) mass is 325 g/mol. The van der Waals surface area contributed by atoms with Gasteiger partial charge < -0.3 is 4.90 Å². The Morgan fingerprint density at radius 1 is 1.19 bits per heavy atom. The Morgan fingerprint density at radius 2 is 1.86 bits per heavy atom. The van der Waals surface area contributed by atoms with E-state index in [2.05, 4.69) is 9.97 Å². The first kappa shape index (κ1) is 15.9. The lowest BCUT2D eigenvalue weighted by Gasteiger charge is -2.34. The first-order chi connectivity index (χ1) is 9.78. The van der Waals surface area contributed by atoms with Gasteiger partial charge in [-0.2, -0.15) is 30.6 Å². The van der Waals surface area contributed by atoms with Crippen LogP contribution in [-0.2, 0) is 10.2 Å². The summed E-state index contributed by atoms with van der Waals surface area (Å²) in [6.45, 7) is -0.718. The van der Waals surface area contributed by atoms with Crippen molar-refractivity contribution in [3.8, 4) is 0 Å². The Kier molecular flexibility index (Phi) is 4.64. The van der Waals surface area contributed by atoms with Crippen molar-refractivity contribution in [2.24, 2.45) is 0 Å². The second kappa shape index (κ2) is 6.12. The number of nitrogens with zero attached hydrogens (tertiary/aromatic N) is 4. The molecule has 11 heteroatoms. The minimum absolute atomic E-state index is 0.0871. The molecule has 0 radical (unpaired) electrons. The van der Waals surface area contributed by atoms with Crippen molar-refractivity contribution in [1.82, 2.24) is 19.0 Å². The van der Waals surface area contributed by atoms with Crippen LogP contribution in [0.4, 0.5) is 19.0 Å². The number of halogens is 3. The lowest BCUT2D eigenvalue weighted by molar-refractivity contribution is -0.121. The van der Waals surface area contributed by atoms with Gasteiger partial charge in [-0.25, -0.2) is 4.98 Å². The summed E-state index contributed by atoms with van der Waals surface area (Å²) in [6.07, 6.45) is 0.00911. The number of aromatic nitrogens is 2. The van der Waals surface area contributed by atoms with Crippen LogP contribution in [0.1, 0.15) is 0 Å². The third-order valence-corrected chi connectivity index (χ3v) is 4.46. The summed E-state index contributed by atoms with van der Waals surface area (Å²) in [6, 6.07) is 0. The number of piperazine rings is 1. The summed E-state index contributed by atoms with van der Waals surface area (Å²) in [5.74, 6) is 0.609. The molecular formula is C10H14F3N5O2S. The number of anilines is 1. The van der Waals surface area contributed by atoms with Crippen molar-refractivity contribution in [2.75, 3.05) is 37.6 Å². The number of nitrogens with one attached hydrogen (secondary N) is 1. The Morgan fingerprint density at radius 3 is 2.38 bits per heavy atom. The third kappa shape index (κ3) is 4.51. The zero-order chi connectivity index (χ0) is 15.5. The van der Waals surface area contributed by atoms with E-state index >= 15 is 0 Å². The molecule has 1 aliphatic heterocycles. The topological polar surface area (TPSA) is 78.4 Å². The average Bonchev–Trinajstić information content (AvgIpc) is 2.46. The molecule has 21 heavy (non-hydrogen) atoms. The molecule has 0 atom stereocenters. The Hall–Kier alpha value is -1.46. The largest absolute Gasteiger partial charge is 0.402 e. The summed E-state index contributed by atoms with van der Waals surface area (Å²) >= 11 is 0. The van der Waals surface area contributed by atoms with Gasteiger partial charge in [0.2, 0.25) is 0 Å². The van der Waals surface area contributed by atoms with Gasteiger partial charge in [-0.1, -0.05) is 0 Å². The van der Waals surface area contributed by atoms with Crippen molar-refractivity contribution in [3.63, 3.8) is 0 Å². The van der Waals surface area contributed by atoms with Gasteiger partial charge in [-0.3, -0.25) is 4.98 Å². The maximum absolute atomic E-state index is 12.1. The Balaban J connectivity index is 1.91. The molecule has 1 saturated heterocycles. The molecule has 1 N–H and O–H groups in total. The summed E-state index contributed by atoms with van der Waals surface area (Å²) in [4.78, 5) is 9.82. The number of hydrogen-bond acceptors (Lipinski definition) is 5. The van der Waals surface area contributed by atoms with Gasteiger partial charge >= 0.3 is 6.18 Å². The molecule has 7 nitrogen and oxygen atoms in total. The predicted molar refractivity (Wildman–Crippen MR) is 68.8 cm³/mol. The van der Waals surface area contributed by atoms with E-state index in [9.17, 15) is 21.6 Å². The van der Waals surface area contributed by atoms with E-state index in [0.29, 0.717) is 18.9 Å². The molecule has 0 spiro atoms. The van der Waals surface area contributed by atoms with Gasteiger partial charge in [-0.15, -0.1) is 0 Å². The molecule has 1 aromatic heterocycles. The molecule has 2 rings (SSSR count). The Labute approximate surface area is 120 Å². The molecule has 118 valence electrons. The highest BCUT2D eigenvalue weighted by Gasteiger charge is 2.33. The fourth-order valence-electron chi connectivity index (χ4n) is 1.88. The fourth-order valence-corrected chi connectivity index (χ4v) is 3.05. The van der Waals surface area contributed by atoms with Crippen LogP contribution in [0.2, 0.25) is 0 Å². The van der Waals surface area contributed by atoms with E-state index in [-0.39, 0.29) is 13.1 Å². The molecule has 0 aromatic carbocycles. The van der Waals surface area contributed by atoms with Crippen LogP contribution < -0.4 is 9.62 Å². The highest BCUT2D eigenvalue weighted by Crippen LogP contribution is 2.15. The lowest BCUT2D eigenvalue weighted by atomic mass is 10.3. The van der Waals surface area contributed by atoms with Crippen molar-refractivity contribution >= 4 is 16.0 Å². The number of hydrogen-bond donors (Lipinski definition) is 1. The maximum atomic E-state index is 12.1. The first-order valence-corrected chi connectivity index (χ1v) is 7.54. The molecule has 0 bridgehead atoms. The van der Waals surface area contributed by atoms with Crippen LogP contribution in [0.25, 0.3) is 0 Å². The van der Waals surface area contributed by atoms with Crippen molar-refractivity contribution in [2.45, 2.75) is 6.18 Å². The highest BCUT2D eigenvalue weighted by molar-refractivity contribution is 7.87. The number of alkyl halides is 3. The second-order valence-electron chi connectivity index (χ2n) is 4.39. The predicted octanol–water partition coefficient (Wildman–Crippen LogP) is -0.00470. The van der Waals surface area contributed by atoms with Crippen LogP contribution in [0.15, 0.2) is 18.6 Å². The van der Waals surface area contributed by atoms with Crippen LogP contribution in [-0.4, -0.2) is 61.6 Å². The fraction of sp³-hybridized carbons (Fsp3) is 0.600. The quantitative estimate of drug-likeness (QED) is 0.843. The van der Waals surface area contributed by atoms with E-state index in [1.807, 2.05) is 4.90 Å². The minimum Gasteiger partial charge on any atom is -0.353 e. The van der Waals surface area contributed by atoms with E-state index in [1.54, 1.807) is 10.9 Å². The molecule has 0 amide bonds. The van der Waals surface area contributed by atoms with Gasteiger partial charge in [0.05, 0.1) is 6.20 Å². The molecular weight excluding hydrogens is 311 g/mol. The van der Waals surface area contributed by atoms with Gasteiger partial charge in [0.25, 0.3) is 10.2 Å². The standard InChI is InChI=1S/C10H14F3N5O2S/c11-10(12,13)8-16-21(19,20)18-5-3-17(4-6-18)9-7-14-1-2-15-9/h1-2,7,16H,3-6,8H2. The molecule has 0 aliphatic carbocycles. The van der Waals surface area contributed by atoms with Gasteiger partial charge in [0.1, 0.15) is 12.4 Å². The summed E-state index contributed by atoms with van der Waals surface area (Å²) in [7, 11) is -4.12. The van der Waals surface area contributed by atoms with Crippen molar-refractivity contribution in [3.05, 3.63) is 18.6 Å². The zero-order valence-electron chi connectivity index (χ0n) is 10.9. The third-order valence-electron chi connectivity index (χ3n) is 2.91. The van der Waals surface area contributed by atoms with E-state index in [0.717, 1.165) is 4.31 Å². The SMILES string of the molecule is O=S(=O)(NCC(F)(F)F)N1CCN(c2cnccn2)CC1. The maximum Gasteiger partial charge on any atom is 0.402 e. The second-order valence-corrected chi connectivity index (χ2v) is 6.15. The molecule has 2 heterocycles. The van der Waals surface area contributed by atoms with Crippen LogP contribution in [0.3, 0.4) is 0 Å². The summed E-state index contributed by atoms with van der Waals surface area (Å²) < 4.78 is 62.2. The highest BCUT2D eigenvalue weighted by atomic mass is 32.2. The molecule has 1 aliphatic rings. The van der Waals surface area contributed by atoms with Gasteiger partial charge in [0.15, 0.2) is 0 Å². The van der Waals surface area contributed by atoms with Gasteiger partial charge in [0, 0.05) is 38.6 Å². The summed E-state index contributed by atoms with van der Waals surface area (Å²) in [5, 5.41) is 0. The van der Waals surface area contributed by atoms with E-state index in [1.165, 1.54) is 12.4 Å². The summed E-state index contributed by atoms with van der Waals surface area (Å²) in [5.41, 5.74) is 0. The van der Waals surface area contributed by atoms with Crippen molar-refractivity contribution in [1.29, 1.82) is 0 Å². The minimum atomic E-state index is -4.57. The molecule has 0 saturated carbocycles. The number of rotatable bonds is 4. The van der Waals surface area contributed by atoms with E-state index in [4.69, 9.17) is 0 Å². The normalized spacial score (nSPS) is 18.0. The zero-order valence-corrected chi connectivity index (χ0v) is 11.7. The smallest absolute Gasteiger partial charge is 0.353 e. The average molecular weight is 325 g/mol. The van der Waals surface area contributed by atoms with Crippen LogP contribution in [0.5, 0.6) is 0 Å². The molecule has 1 aromatic rings. The first-order valence-electron chi connectivity index (χ1n) is 6.10. The van der Waals surface area contributed by atoms with Crippen LogP contribution >= 0.6 is 0 Å². The van der Waals surface area contributed by atoms with Gasteiger partial charge in [-0.05, 0) is 0 Å². The molecule has 0 unspecified atom stereocenters. The van der Waals surface area contributed by atoms with E-state index < -0.39 is 22.9 Å². The van der Waals surface area contributed by atoms with Crippen molar-refractivity contribution < 1.29 is 21.6 Å². The van der Waals surface area contributed by atoms with Crippen LogP contribution in [0, 0.1) is 0 Å². The lowest BCUT2D eigenvalue weighted by Crippen LogP contribution is -2.53. The Bertz CT molecular complexity index is 558. The molecule has 1 fully saturated rings.